The zero-order chi connectivity index (χ0) is 12.1. The molecule has 1 heterocycles. The molecule has 0 aliphatic carbocycles. The van der Waals surface area contributed by atoms with Crippen LogP contribution in [-0.4, -0.2) is 34.3 Å². The van der Waals surface area contributed by atoms with E-state index in [0.29, 0.717) is 0 Å². The van der Waals surface area contributed by atoms with E-state index >= 15 is 0 Å². The van der Waals surface area contributed by atoms with E-state index in [2.05, 4.69) is 37.1 Å². The molecule has 2 atom stereocenters. The molecule has 0 aliphatic heterocycles. The molecule has 0 amide bonds. The first kappa shape index (κ1) is 13.2. The van der Waals surface area contributed by atoms with Crippen LogP contribution in [0, 0.1) is 0 Å². The van der Waals surface area contributed by atoms with Gasteiger partial charge in [-0.3, -0.25) is 9.58 Å². The molecule has 2 N–H and O–H groups in total. The minimum absolute atomic E-state index is 0.167. The monoisotopic (exact) mass is 224 g/mol. The van der Waals surface area contributed by atoms with E-state index in [1.807, 2.05) is 17.9 Å². The molecule has 1 aromatic rings. The van der Waals surface area contributed by atoms with Crippen LogP contribution in [0.3, 0.4) is 0 Å². The van der Waals surface area contributed by atoms with Crippen LogP contribution in [0.5, 0.6) is 0 Å². The van der Waals surface area contributed by atoms with Crippen molar-refractivity contribution < 1.29 is 0 Å². The second-order valence-corrected chi connectivity index (χ2v) is 4.44. The molecule has 92 valence electrons. The van der Waals surface area contributed by atoms with Crippen LogP contribution in [0.4, 0.5) is 0 Å². The zero-order valence-electron chi connectivity index (χ0n) is 10.8. The molecule has 4 heteroatoms. The summed E-state index contributed by atoms with van der Waals surface area (Å²) in [5.41, 5.74) is 7.43. The highest BCUT2D eigenvalue weighted by Gasteiger charge is 2.23. The molecule has 0 radical (unpaired) electrons. The largest absolute Gasteiger partial charge is 0.326 e. The third-order valence-corrected chi connectivity index (χ3v) is 2.99. The summed E-state index contributed by atoms with van der Waals surface area (Å²) in [4.78, 5) is 2.32. The molecule has 16 heavy (non-hydrogen) atoms. The van der Waals surface area contributed by atoms with E-state index in [0.717, 1.165) is 19.4 Å². The number of aryl methyl sites for hydroxylation is 1. The molecular weight excluding hydrogens is 200 g/mol. The van der Waals surface area contributed by atoms with Crippen molar-refractivity contribution >= 4 is 0 Å². The second-order valence-electron chi connectivity index (χ2n) is 4.44. The van der Waals surface area contributed by atoms with Crippen LogP contribution in [0.1, 0.15) is 38.3 Å². The summed E-state index contributed by atoms with van der Waals surface area (Å²) >= 11 is 0. The molecule has 0 saturated carbocycles. The maximum atomic E-state index is 6.21. The van der Waals surface area contributed by atoms with Crippen LogP contribution in [-0.2, 0) is 7.05 Å². The van der Waals surface area contributed by atoms with Gasteiger partial charge in [-0.15, -0.1) is 0 Å². The topological polar surface area (TPSA) is 47.1 Å². The number of rotatable bonds is 6. The summed E-state index contributed by atoms with van der Waals surface area (Å²) in [5.74, 6) is 0. The van der Waals surface area contributed by atoms with Gasteiger partial charge in [0, 0.05) is 24.8 Å². The highest BCUT2D eigenvalue weighted by atomic mass is 15.2. The van der Waals surface area contributed by atoms with Crippen LogP contribution >= 0.6 is 0 Å². The Kier molecular flexibility index (Phi) is 4.96. The molecule has 2 unspecified atom stereocenters. The van der Waals surface area contributed by atoms with Crippen molar-refractivity contribution in [2.75, 3.05) is 13.6 Å². The molecule has 4 nitrogen and oxygen atoms in total. The van der Waals surface area contributed by atoms with Gasteiger partial charge in [0.25, 0.3) is 0 Å². The Labute approximate surface area is 98.4 Å². The summed E-state index contributed by atoms with van der Waals surface area (Å²) in [6, 6.07) is 0.444. The zero-order valence-corrected chi connectivity index (χ0v) is 10.8. The molecule has 0 fully saturated rings. The van der Waals surface area contributed by atoms with E-state index in [-0.39, 0.29) is 12.1 Å². The van der Waals surface area contributed by atoms with Crippen molar-refractivity contribution in [3.8, 4) is 0 Å². The minimum atomic E-state index is 0.167. The van der Waals surface area contributed by atoms with E-state index in [1.165, 1.54) is 5.56 Å². The fraction of sp³-hybridized carbons (Fsp3) is 0.750. The number of aromatic nitrogens is 2. The van der Waals surface area contributed by atoms with E-state index in [1.54, 1.807) is 0 Å². The molecule has 0 bridgehead atoms. The summed E-state index contributed by atoms with van der Waals surface area (Å²) in [5, 5.41) is 4.23. The summed E-state index contributed by atoms with van der Waals surface area (Å²) in [7, 11) is 4.08. The van der Waals surface area contributed by atoms with Crippen LogP contribution in [0.2, 0.25) is 0 Å². The van der Waals surface area contributed by atoms with Gasteiger partial charge in [0.1, 0.15) is 0 Å². The Balaban J connectivity index is 2.86. The van der Waals surface area contributed by atoms with Gasteiger partial charge in [-0.2, -0.15) is 5.10 Å². The van der Waals surface area contributed by atoms with Gasteiger partial charge in [0.15, 0.2) is 0 Å². The van der Waals surface area contributed by atoms with Crippen molar-refractivity contribution in [1.82, 2.24) is 14.7 Å². The predicted octanol–water partition coefficient (Wildman–Crippen LogP) is 1.54. The minimum Gasteiger partial charge on any atom is -0.326 e. The Morgan fingerprint density at radius 3 is 2.62 bits per heavy atom. The molecule has 1 aromatic heterocycles. The SMILES string of the molecule is CCCN(C)C(c1cnn(C)c1)C(N)CC. The smallest absolute Gasteiger partial charge is 0.0538 e. The van der Waals surface area contributed by atoms with Crippen molar-refractivity contribution in [3.05, 3.63) is 18.0 Å². The summed E-state index contributed by atoms with van der Waals surface area (Å²) in [6.45, 7) is 5.38. The molecule has 0 aliphatic rings. The summed E-state index contributed by atoms with van der Waals surface area (Å²) < 4.78 is 1.84. The van der Waals surface area contributed by atoms with Gasteiger partial charge >= 0.3 is 0 Å². The van der Waals surface area contributed by atoms with Crippen molar-refractivity contribution in [2.45, 2.75) is 38.8 Å². The maximum absolute atomic E-state index is 6.21. The molecule has 1 rings (SSSR count). The average molecular weight is 224 g/mol. The Hall–Kier alpha value is -0.870. The normalized spacial score (nSPS) is 15.4. The fourth-order valence-corrected chi connectivity index (χ4v) is 2.14. The highest BCUT2D eigenvalue weighted by Crippen LogP contribution is 2.23. The Morgan fingerprint density at radius 1 is 1.50 bits per heavy atom. The van der Waals surface area contributed by atoms with Crippen LogP contribution in [0.25, 0.3) is 0 Å². The standard InChI is InChI=1S/C12H24N4/c1-5-7-15(3)12(11(13)6-2)10-8-14-16(4)9-10/h8-9,11-12H,5-7,13H2,1-4H3. The number of hydrogen-bond acceptors (Lipinski definition) is 3. The third-order valence-electron chi connectivity index (χ3n) is 2.99. The molecule has 0 saturated heterocycles. The van der Waals surface area contributed by atoms with Gasteiger partial charge in [-0.05, 0) is 26.4 Å². The summed E-state index contributed by atoms with van der Waals surface area (Å²) in [6.07, 6.45) is 6.11. The number of nitrogens with zero attached hydrogens (tertiary/aromatic N) is 3. The second kappa shape index (κ2) is 6.01. The van der Waals surface area contributed by atoms with Crippen LogP contribution in [0.15, 0.2) is 12.4 Å². The van der Waals surface area contributed by atoms with Gasteiger partial charge in [-0.25, -0.2) is 0 Å². The average Bonchev–Trinajstić information content (AvgIpc) is 2.65. The van der Waals surface area contributed by atoms with Gasteiger partial charge < -0.3 is 5.73 Å². The lowest BCUT2D eigenvalue weighted by atomic mass is 9.99. The first-order valence-electron chi connectivity index (χ1n) is 6.04. The first-order chi connectivity index (χ1) is 7.60. The van der Waals surface area contributed by atoms with E-state index < -0.39 is 0 Å². The number of hydrogen-bond donors (Lipinski definition) is 1. The fourth-order valence-electron chi connectivity index (χ4n) is 2.14. The van der Waals surface area contributed by atoms with Gasteiger partial charge in [0.05, 0.1) is 12.2 Å². The quantitative estimate of drug-likeness (QED) is 0.797. The van der Waals surface area contributed by atoms with Gasteiger partial charge in [0.2, 0.25) is 0 Å². The van der Waals surface area contributed by atoms with Crippen molar-refractivity contribution in [3.63, 3.8) is 0 Å². The molecule has 0 spiro atoms. The molecular formula is C12H24N4. The number of likely N-dealkylation sites (N-methyl/N-ethyl adjacent to an activating group) is 1. The molecule has 0 aromatic carbocycles. The lowest BCUT2D eigenvalue weighted by molar-refractivity contribution is 0.210. The van der Waals surface area contributed by atoms with E-state index in [4.69, 9.17) is 5.73 Å². The first-order valence-corrected chi connectivity index (χ1v) is 6.04. The lowest BCUT2D eigenvalue weighted by Gasteiger charge is -2.31. The van der Waals surface area contributed by atoms with Gasteiger partial charge in [-0.1, -0.05) is 13.8 Å². The lowest BCUT2D eigenvalue weighted by Crippen LogP contribution is -2.39. The third kappa shape index (κ3) is 3.06. The Morgan fingerprint density at radius 2 is 2.19 bits per heavy atom. The predicted molar refractivity (Wildman–Crippen MR) is 67.1 cm³/mol. The van der Waals surface area contributed by atoms with Crippen LogP contribution < -0.4 is 5.73 Å². The van der Waals surface area contributed by atoms with E-state index in [9.17, 15) is 0 Å². The maximum Gasteiger partial charge on any atom is 0.0538 e. The number of nitrogens with two attached hydrogens (primary N) is 1. The Bertz CT molecular complexity index is 308. The van der Waals surface area contributed by atoms with Crippen molar-refractivity contribution in [2.24, 2.45) is 12.8 Å². The van der Waals surface area contributed by atoms with Crippen molar-refractivity contribution in [1.29, 1.82) is 0 Å². The highest BCUT2D eigenvalue weighted by molar-refractivity contribution is 5.13.